The van der Waals surface area contributed by atoms with Crippen LogP contribution in [0.1, 0.15) is 25.0 Å². The van der Waals surface area contributed by atoms with Crippen LogP contribution in [0.4, 0.5) is 0 Å². The lowest BCUT2D eigenvalue weighted by Crippen LogP contribution is -2.37. The summed E-state index contributed by atoms with van der Waals surface area (Å²) in [5.41, 5.74) is 3.22. The minimum Gasteiger partial charge on any atom is -0.493 e. The van der Waals surface area contributed by atoms with Crippen molar-refractivity contribution in [3.05, 3.63) is 36.0 Å². The van der Waals surface area contributed by atoms with Gasteiger partial charge in [-0.2, -0.15) is 10.2 Å². The number of hydrogen-bond donors (Lipinski definition) is 0. The largest absolute Gasteiger partial charge is 0.493 e. The Morgan fingerprint density at radius 3 is 2.52 bits per heavy atom. The predicted octanol–water partition coefficient (Wildman–Crippen LogP) is 3.32. The van der Waals surface area contributed by atoms with Gasteiger partial charge in [-0.05, 0) is 62.7 Å². The SMILES string of the molecule is COc1ccc(-c2ccc(C34CCCN(CC3)C4)nn2)cc1OC.Cl. The summed E-state index contributed by atoms with van der Waals surface area (Å²) in [6.45, 7) is 3.56. The van der Waals surface area contributed by atoms with E-state index in [1.165, 1.54) is 32.4 Å². The molecule has 0 radical (unpaired) electrons. The molecule has 2 aromatic rings. The van der Waals surface area contributed by atoms with E-state index >= 15 is 0 Å². The predicted molar refractivity (Wildman–Crippen MR) is 99.8 cm³/mol. The van der Waals surface area contributed by atoms with Crippen LogP contribution in [-0.4, -0.2) is 49.0 Å². The van der Waals surface area contributed by atoms with Crippen molar-refractivity contribution in [3.8, 4) is 22.8 Å². The van der Waals surface area contributed by atoms with Gasteiger partial charge in [-0.25, -0.2) is 0 Å². The summed E-state index contributed by atoms with van der Waals surface area (Å²) in [4.78, 5) is 2.55. The smallest absolute Gasteiger partial charge is 0.161 e. The summed E-state index contributed by atoms with van der Waals surface area (Å²) in [5, 5.41) is 9.10. The Labute approximate surface area is 154 Å². The molecule has 5 nitrogen and oxygen atoms in total. The van der Waals surface area contributed by atoms with Crippen molar-refractivity contribution in [2.75, 3.05) is 33.9 Å². The third-order valence-electron chi connectivity index (χ3n) is 5.45. The third-order valence-corrected chi connectivity index (χ3v) is 5.45. The van der Waals surface area contributed by atoms with Gasteiger partial charge in [0.15, 0.2) is 11.5 Å². The number of fused-ring (bicyclic) bond motifs is 2. The fourth-order valence-corrected chi connectivity index (χ4v) is 4.10. The van der Waals surface area contributed by atoms with E-state index in [2.05, 4.69) is 27.2 Å². The minimum atomic E-state index is 0. The summed E-state index contributed by atoms with van der Waals surface area (Å²) in [6.07, 6.45) is 3.70. The van der Waals surface area contributed by atoms with Crippen LogP contribution < -0.4 is 9.47 Å². The molecule has 2 bridgehead atoms. The van der Waals surface area contributed by atoms with Gasteiger partial charge in [0, 0.05) is 17.5 Å². The van der Waals surface area contributed by atoms with Crippen LogP contribution in [0.25, 0.3) is 11.3 Å². The first-order valence-electron chi connectivity index (χ1n) is 8.53. The molecule has 0 amide bonds. The zero-order chi connectivity index (χ0) is 16.6. The molecule has 2 saturated heterocycles. The molecule has 4 rings (SSSR count). The average molecular weight is 362 g/mol. The first-order valence-corrected chi connectivity index (χ1v) is 8.53. The molecular weight excluding hydrogens is 338 g/mol. The Morgan fingerprint density at radius 1 is 0.960 bits per heavy atom. The van der Waals surface area contributed by atoms with Gasteiger partial charge in [0.05, 0.1) is 25.6 Å². The van der Waals surface area contributed by atoms with E-state index in [1.807, 2.05) is 18.2 Å². The number of rotatable bonds is 4. The molecule has 25 heavy (non-hydrogen) atoms. The number of nitrogens with zero attached hydrogens (tertiary/aromatic N) is 3. The number of piperidine rings is 1. The maximum atomic E-state index is 5.38. The molecular formula is C19H24ClN3O2. The Kier molecular flexibility index (Phi) is 5.16. The molecule has 1 aromatic heterocycles. The zero-order valence-electron chi connectivity index (χ0n) is 14.7. The van der Waals surface area contributed by atoms with E-state index in [1.54, 1.807) is 14.2 Å². The molecule has 2 fully saturated rings. The molecule has 2 atom stereocenters. The molecule has 6 heteroatoms. The summed E-state index contributed by atoms with van der Waals surface area (Å²) in [5.74, 6) is 1.43. The molecule has 0 spiro atoms. The lowest BCUT2D eigenvalue weighted by Gasteiger charge is -2.33. The molecule has 134 valence electrons. The van der Waals surface area contributed by atoms with Gasteiger partial charge >= 0.3 is 0 Å². The highest BCUT2D eigenvalue weighted by molar-refractivity contribution is 5.85. The number of aromatic nitrogens is 2. The maximum Gasteiger partial charge on any atom is 0.161 e. The fraction of sp³-hybridized carbons (Fsp3) is 0.474. The van der Waals surface area contributed by atoms with Gasteiger partial charge < -0.3 is 14.4 Å². The van der Waals surface area contributed by atoms with Gasteiger partial charge in [0.25, 0.3) is 0 Å². The molecule has 0 N–H and O–H groups in total. The van der Waals surface area contributed by atoms with Crippen molar-refractivity contribution in [2.45, 2.75) is 24.7 Å². The second-order valence-electron chi connectivity index (χ2n) is 6.78. The molecule has 0 aliphatic carbocycles. The number of benzene rings is 1. The van der Waals surface area contributed by atoms with Gasteiger partial charge in [0.2, 0.25) is 0 Å². The quantitative estimate of drug-likeness (QED) is 0.836. The van der Waals surface area contributed by atoms with Crippen LogP contribution in [0.3, 0.4) is 0 Å². The summed E-state index contributed by atoms with van der Waals surface area (Å²) in [7, 11) is 3.28. The Bertz CT molecular complexity index is 734. The van der Waals surface area contributed by atoms with Crippen LogP contribution in [0.15, 0.2) is 30.3 Å². The molecule has 2 aliphatic rings. The van der Waals surface area contributed by atoms with E-state index < -0.39 is 0 Å². The third kappa shape index (κ3) is 3.18. The van der Waals surface area contributed by atoms with Gasteiger partial charge in [-0.15, -0.1) is 12.4 Å². The first kappa shape index (κ1) is 18.0. The van der Waals surface area contributed by atoms with E-state index in [0.717, 1.165) is 29.2 Å². The summed E-state index contributed by atoms with van der Waals surface area (Å²) >= 11 is 0. The topological polar surface area (TPSA) is 47.5 Å². The normalized spacial score (nSPS) is 24.5. The Hall–Kier alpha value is -1.85. The highest BCUT2D eigenvalue weighted by Gasteiger charge is 2.43. The van der Waals surface area contributed by atoms with Crippen molar-refractivity contribution in [2.24, 2.45) is 0 Å². The number of hydrogen-bond acceptors (Lipinski definition) is 5. The van der Waals surface area contributed by atoms with Crippen molar-refractivity contribution >= 4 is 12.4 Å². The van der Waals surface area contributed by atoms with Crippen molar-refractivity contribution in [1.82, 2.24) is 15.1 Å². The Morgan fingerprint density at radius 2 is 1.80 bits per heavy atom. The second-order valence-corrected chi connectivity index (χ2v) is 6.78. The number of halogens is 1. The standard InChI is InChI=1S/C19H23N3O2.ClH/c1-23-16-6-4-14(12-17(16)24-2)15-5-7-18(21-20-15)19-8-3-10-22(13-19)11-9-19;/h4-7,12H,3,8-11,13H2,1-2H3;1H. The molecule has 0 saturated carbocycles. The Balaban J connectivity index is 0.00000182. The second kappa shape index (κ2) is 7.18. The van der Waals surface area contributed by atoms with Crippen LogP contribution in [-0.2, 0) is 5.41 Å². The lowest BCUT2D eigenvalue weighted by molar-refractivity contribution is 0.239. The van der Waals surface area contributed by atoms with Crippen LogP contribution in [0, 0.1) is 0 Å². The van der Waals surface area contributed by atoms with E-state index in [4.69, 9.17) is 9.47 Å². The molecule has 1 aromatic carbocycles. The van der Waals surface area contributed by atoms with E-state index in [0.29, 0.717) is 5.75 Å². The van der Waals surface area contributed by atoms with Crippen LogP contribution in [0.5, 0.6) is 11.5 Å². The van der Waals surface area contributed by atoms with Crippen molar-refractivity contribution < 1.29 is 9.47 Å². The highest BCUT2D eigenvalue weighted by Crippen LogP contribution is 2.41. The number of ether oxygens (including phenoxy) is 2. The fourth-order valence-electron chi connectivity index (χ4n) is 4.10. The summed E-state index contributed by atoms with van der Waals surface area (Å²) < 4.78 is 10.7. The van der Waals surface area contributed by atoms with Crippen LogP contribution in [0.2, 0.25) is 0 Å². The van der Waals surface area contributed by atoms with E-state index in [9.17, 15) is 0 Å². The maximum absolute atomic E-state index is 5.38. The van der Waals surface area contributed by atoms with Crippen LogP contribution >= 0.6 is 12.4 Å². The highest BCUT2D eigenvalue weighted by atomic mass is 35.5. The molecule has 2 unspecified atom stereocenters. The van der Waals surface area contributed by atoms with Gasteiger partial charge in [-0.3, -0.25) is 0 Å². The summed E-state index contributed by atoms with van der Waals surface area (Å²) in [6, 6.07) is 10.1. The number of methoxy groups -OCH3 is 2. The average Bonchev–Trinajstić information content (AvgIpc) is 2.96. The zero-order valence-corrected chi connectivity index (χ0v) is 15.5. The molecule has 3 heterocycles. The van der Waals surface area contributed by atoms with Gasteiger partial charge in [-0.1, -0.05) is 0 Å². The molecule has 2 aliphatic heterocycles. The monoisotopic (exact) mass is 361 g/mol. The van der Waals surface area contributed by atoms with Gasteiger partial charge in [0.1, 0.15) is 0 Å². The first-order chi connectivity index (χ1) is 11.7. The van der Waals surface area contributed by atoms with Crippen molar-refractivity contribution in [1.29, 1.82) is 0 Å². The minimum absolute atomic E-state index is 0. The lowest BCUT2D eigenvalue weighted by atomic mass is 9.78. The van der Waals surface area contributed by atoms with Crippen molar-refractivity contribution in [3.63, 3.8) is 0 Å². The van der Waals surface area contributed by atoms with E-state index in [-0.39, 0.29) is 17.8 Å².